The van der Waals surface area contributed by atoms with Gasteiger partial charge in [0.05, 0.1) is 11.3 Å². The van der Waals surface area contributed by atoms with E-state index in [1.54, 1.807) is 6.33 Å². The van der Waals surface area contributed by atoms with Crippen molar-refractivity contribution in [2.24, 2.45) is 11.3 Å². The molecule has 2 fully saturated rings. The zero-order valence-electron chi connectivity index (χ0n) is 13.7. The third-order valence-electron chi connectivity index (χ3n) is 5.84. The molecule has 128 valence electrons. The Balaban J connectivity index is 1.37. The van der Waals surface area contributed by atoms with Gasteiger partial charge in [-0.25, -0.2) is 15.0 Å². The Morgan fingerprint density at radius 2 is 2.00 bits per heavy atom. The first kappa shape index (κ1) is 15.4. The number of rotatable bonds is 3. The number of nitrogens with one attached hydrogen (secondary N) is 2. The Bertz CT molecular complexity index is 725. The van der Waals surface area contributed by atoms with Gasteiger partial charge >= 0.3 is 5.97 Å². The number of anilines is 1. The standard InChI is InChI=1S/C17H23N5O2/c23-16(24)12-1-4-17(5-2-12)6-9-22(10-7-17)21-15-13-3-8-18-14(13)19-11-20-15/h3,8,11-12H,1-2,4-7,9-10H2,(H,23,24)(H2,18,19,20,21). The fraction of sp³-hybridized carbons (Fsp3) is 0.588. The number of aromatic nitrogens is 3. The van der Waals surface area contributed by atoms with E-state index in [0.29, 0.717) is 5.41 Å². The first-order valence-corrected chi connectivity index (χ1v) is 8.68. The number of hydrazine groups is 1. The van der Waals surface area contributed by atoms with E-state index in [1.807, 2.05) is 12.3 Å². The zero-order valence-corrected chi connectivity index (χ0v) is 13.7. The third-order valence-corrected chi connectivity index (χ3v) is 5.84. The molecule has 24 heavy (non-hydrogen) atoms. The molecule has 0 atom stereocenters. The van der Waals surface area contributed by atoms with Crippen LogP contribution in [0.4, 0.5) is 5.82 Å². The van der Waals surface area contributed by atoms with E-state index in [0.717, 1.165) is 68.5 Å². The van der Waals surface area contributed by atoms with Crippen molar-refractivity contribution >= 4 is 22.8 Å². The Hall–Kier alpha value is -2.15. The van der Waals surface area contributed by atoms with Gasteiger partial charge < -0.3 is 15.5 Å². The molecule has 7 nitrogen and oxygen atoms in total. The van der Waals surface area contributed by atoms with Gasteiger partial charge in [0.25, 0.3) is 0 Å². The summed E-state index contributed by atoms with van der Waals surface area (Å²) in [6.07, 6.45) is 9.44. The number of aromatic amines is 1. The van der Waals surface area contributed by atoms with Crippen LogP contribution in [0.1, 0.15) is 38.5 Å². The average Bonchev–Trinajstić information content (AvgIpc) is 3.07. The maximum absolute atomic E-state index is 11.1. The van der Waals surface area contributed by atoms with Crippen LogP contribution in [0.3, 0.4) is 0 Å². The highest BCUT2D eigenvalue weighted by atomic mass is 16.4. The summed E-state index contributed by atoms with van der Waals surface area (Å²) in [5.74, 6) is 0.0877. The maximum Gasteiger partial charge on any atom is 0.306 e. The minimum absolute atomic E-state index is 0.130. The third kappa shape index (κ3) is 2.84. The highest BCUT2D eigenvalue weighted by Crippen LogP contribution is 2.46. The van der Waals surface area contributed by atoms with Gasteiger partial charge in [-0.2, -0.15) is 0 Å². The van der Waals surface area contributed by atoms with Gasteiger partial charge in [0, 0.05) is 19.3 Å². The molecule has 4 rings (SSSR count). The van der Waals surface area contributed by atoms with E-state index >= 15 is 0 Å². The van der Waals surface area contributed by atoms with Gasteiger partial charge in [0.1, 0.15) is 12.0 Å². The number of carboxylic acids is 1. The second kappa shape index (κ2) is 6.05. The van der Waals surface area contributed by atoms with Crippen molar-refractivity contribution in [1.29, 1.82) is 0 Å². The van der Waals surface area contributed by atoms with E-state index in [4.69, 9.17) is 5.11 Å². The van der Waals surface area contributed by atoms with Gasteiger partial charge in [-0.05, 0) is 50.0 Å². The number of hydrogen-bond donors (Lipinski definition) is 3. The molecular weight excluding hydrogens is 306 g/mol. The number of nitrogens with zero attached hydrogens (tertiary/aromatic N) is 3. The van der Waals surface area contributed by atoms with Gasteiger partial charge in [-0.3, -0.25) is 4.79 Å². The lowest BCUT2D eigenvalue weighted by Gasteiger charge is -2.45. The molecule has 2 aromatic heterocycles. The smallest absolute Gasteiger partial charge is 0.306 e. The van der Waals surface area contributed by atoms with Crippen LogP contribution in [-0.4, -0.2) is 44.1 Å². The van der Waals surface area contributed by atoms with E-state index in [2.05, 4.69) is 25.4 Å². The Kier molecular flexibility index (Phi) is 3.88. The lowest BCUT2D eigenvalue weighted by Crippen LogP contribution is -2.44. The van der Waals surface area contributed by atoms with Crippen LogP contribution in [0, 0.1) is 11.3 Å². The van der Waals surface area contributed by atoms with Crippen molar-refractivity contribution in [3.63, 3.8) is 0 Å². The molecule has 0 amide bonds. The molecule has 0 radical (unpaired) electrons. The molecule has 3 N–H and O–H groups in total. The lowest BCUT2D eigenvalue weighted by atomic mass is 9.65. The summed E-state index contributed by atoms with van der Waals surface area (Å²) in [5.41, 5.74) is 4.61. The zero-order chi connectivity index (χ0) is 16.6. The van der Waals surface area contributed by atoms with Crippen molar-refractivity contribution in [1.82, 2.24) is 20.0 Å². The van der Waals surface area contributed by atoms with Crippen LogP contribution >= 0.6 is 0 Å². The summed E-state index contributed by atoms with van der Waals surface area (Å²) in [6.45, 7) is 1.93. The Morgan fingerprint density at radius 3 is 2.71 bits per heavy atom. The second-order valence-electron chi connectivity index (χ2n) is 7.17. The van der Waals surface area contributed by atoms with Crippen LogP contribution in [0.5, 0.6) is 0 Å². The minimum Gasteiger partial charge on any atom is -0.481 e. The molecular formula is C17H23N5O2. The highest BCUT2D eigenvalue weighted by molar-refractivity contribution is 5.86. The number of piperidine rings is 1. The summed E-state index contributed by atoms with van der Waals surface area (Å²) in [5, 5.41) is 12.4. The number of carbonyl (C=O) groups is 1. The monoisotopic (exact) mass is 329 g/mol. The molecule has 1 spiro atoms. The molecule has 1 aliphatic heterocycles. The molecule has 0 aromatic carbocycles. The van der Waals surface area contributed by atoms with E-state index in [-0.39, 0.29) is 5.92 Å². The largest absolute Gasteiger partial charge is 0.481 e. The number of H-pyrrole nitrogens is 1. The van der Waals surface area contributed by atoms with Gasteiger partial charge in [0.2, 0.25) is 0 Å². The number of hydrogen-bond acceptors (Lipinski definition) is 5. The van der Waals surface area contributed by atoms with Crippen molar-refractivity contribution in [2.75, 3.05) is 18.5 Å². The summed E-state index contributed by atoms with van der Waals surface area (Å²) in [4.78, 5) is 22.8. The van der Waals surface area contributed by atoms with Crippen molar-refractivity contribution < 1.29 is 9.90 Å². The van der Waals surface area contributed by atoms with Gasteiger partial charge in [-0.15, -0.1) is 0 Å². The van der Waals surface area contributed by atoms with E-state index in [1.165, 1.54) is 0 Å². The molecule has 0 unspecified atom stereocenters. The predicted octanol–water partition coefficient (Wildman–Crippen LogP) is 2.64. The summed E-state index contributed by atoms with van der Waals surface area (Å²) in [6, 6.07) is 1.98. The normalized spacial score (nSPS) is 22.0. The number of carboxylic acid groups (broad SMARTS) is 1. The quantitative estimate of drug-likeness (QED) is 0.801. The topological polar surface area (TPSA) is 94.1 Å². The maximum atomic E-state index is 11.1. The first-order chi connectivity index (χ1) is 11.7. The minimum atomic E-state index is -0.622. The molecule has 1 saturated heterocycles. The van der Waals surface area contributed by atoms with Crippen molar-refractivity contribution in [3.05, 3.63) is 18.6 Å². The van der Waals surface area contributed by atoms with Crippen LogP contribution in [0.15, 0.2) is 18.6 Å². The van der Waals surface area contributed by atoms with Gasteiger partial charge in [0.15, 0.2) is 5.82 Å². The molecule has 3 heterocycles. The fourth-order valence-electron chi connectivity index (χ4n) is 4.18. The summed E-state index contributed by atoms with van der Waals surface area (Å²) < 4.78 is 0. The van der Waals surface area contributed by atoms with Crippen LogP contribution < -0.4 is 5.43 Å². The lowest BCUT2D eigenvalue weighted by molar-refractivity contribution is -0.144. The fourth-order valence-corrected chi connectivity index (χ4v) is 4.18. The molecule has 1 saturated carbocycles. The number of fused-ring (bicyclic) bond motifs is 1. The summed E-state index contributed by atoms with van der Waals surface area (Å²) in [7, 11) is 0. The highest BCUT2D eigenvalue weighted by Gasteiger charge is 2.39. The number of aliphatic carboxylic acids is 1. The Morgan fingerprint density at radius 1 is 1.25 bits per heavy atom. The second-order valence-corrected chi connectivity index (χ2v) is 7.17. The average molecular weight is 329 g/mol. The van der Waals surface area contributed by atoms with Crippen LogP contribution in [0.25, 0.3) is 11.0 Å². The molecule has 2 aromatic rings. The van der Waals surface area contributed by atoms with E-state index < -0.39 is 5.97 Å². The van der Waals surface area contributed by atoms with Gasteiger partial charge in [-0.1, -0.05) is 0 Å². The van der Waals surface area contributed by atoms with Crippen molar-refractivity contribution in [2.45, 2.75) is 38.5 Å². The molecule has 7 heteroatoms. The molecule has 0 bridgehead atoms. The van der Waals surface area contributed by atoms with E-state index in [9.17, 15) is 4.79 Å². The first-order valence-electron chi connectivity index (χ1n) is 8.68. The Labute approximate surface area is 140 Å². The van der Waals surface area contributed by atoms with Crippen molar-refractivity contribution in [3.8, 4) is 0 Å². The molecule has 2 aliphatic rings. The SMILES string of the molecule is O=C(O)C1CCC2(CC1)CCN(Nc1ncnc3[nH]ccc13)CC2. The summed E-state index contributed by atoms with van der Waals surface area (Å²) >= 11 is 0. The van der Waals surface area contributed by atoms with Crippen LogP contribution in [-0.2, 0) is 4.79 Å². The predicted molar refractivity (Wildman–Crippen MR) is 90.3 cm³/mol. The van der Waals surface area contributed by atoms with Crippen LogP contribution in [0.2, 0.25) is 0 Å². The molecule has 1 aliphatic carbocycles.